The Kier molecular flexibility index (Phi) is 5.74. The normalized spacial score (nSPS) is 21.4. The molecule has 4 N–H and O–H groups in total. The summed E-state index contributed by atoms with van der Waals surface area (Å²) in [4.78, 5) is 16.1. The smallest absolute Gasteiger partial charge is 0.220 e. The van der Waals surface area contributed by atoms with Crippen LogP contribution in [0.5, 0.6) is 0 Å². The van der Waals surface area contributed by atoms with Crippen LogP contribution < -0.4 is 21.3 Å². The number of benzene rings is 2. The van der Waals surface area contributed by atoms with E-state index in [1.165, 1.54) is 17.7 Å². The topological polar surface area (TPSA) is 86.5 Å². The van der Waals surface area contributed by atoms with Crippen molar-refractivity contribution >= 4 is 23.3 Å². The molecule has 2 fully saturated rings. The first-order valence-corrected chi connectivity index (χ1v) is 11.7. The van der Waals surface area contributed by atoms with Crippen LogP contribution in [0.15, 0.2) is 64.6 Å². The van der Waals surface area contributed by atoms with Crippen LogP contribution in [0.4, 0.5) is 11.4 Å². The first-order valence-electron chi connectivity index (χ1n) is 11.7. The Bertz CT molecular complexity index is 969. The van der Waals surface area contributed by atoms with Gasteiger partial charge in [0.25, 0.3) is 0 Å². The van der Waals surface area contributed by atoms with Gasteiger partial charge in [0.15, 0.2) is 0 Å². The van der Waals surface area contributed by atoms with Gasteiger partial charge in [-0.1, -0.05) is 36.8 Å². The van der Waals surface area contributed by atoms with Gasteiger partial charge < -0.3 is 16.4 Å². The summed E-state index contributed by atoms with van der Waals surface area (Å²) in [6, 6.07) is 19.4. The molecule has 0 aromatic heterocycles. The minimum Gasteiger partial charge on any atom is -0.369 e. The van der Waals surface area contributed by atoms with Crippen molar-refractivity contribution in [1.29, 1.82) is 0 Å². The van der Waals surface area contributed by atoms with Crippen molar-refractivity contribution in [2.75, 3.05) is 36.0 Å². The molecule has 32 heavy (non-hydrogen) atoms. The van der Waals surface area contributed by atoms with Crippen LogP contribution in [0.2, 0.25) is 0 Å². The predicted molar refractivity (Wildman–Crippen MR) is 132 cm³/mol. The molecule has 7 heteroatoms. The number of piperazine rings is 1. The zero-order valence-corrected chi connectivity index (χ0v) is 18.7. The third-order valence-electron chi connectivity index (χ3n) is 6.95. The minimum absolute atomic E-state index is 0.297. The van der Waals surface area contributed by atoms with E-state index in [4.69, 9.17) is 16.5 Å². The van der Waals surface area contributed by atoms with Gasteiger partial charge in [-0.25, -0.2) is 4.99 Å². The number of nitrogens with zero attached hydrogens (tertiary/aromatic N) is 5. The van der Waals surface area contributed by atoms with Gasteiger partial charge in [-0.15, -0.1) is 0 Å². The largest absolute Gasteiger partial charge is 0.369 e. The minimum atomic E-state index is -0.390. The Balaban J connectivity index is 1.27. The molecule has 0 atom stereocenters. The van der Waals surface area contributed by atoms with E-state index in [0.29, 0.717) is 11.9 Å². The van der Waals surface area contributed by atoms with E-state index in [1.54, 1.807) is 0 Å². The average Bonchev–Trinajstić information content (AvgIpc) is 2.81. The maximum atomic E-state index is 6.37. The fourth-order valence-electron chi connectivity index (χ4n) is 5.31. The predicted octanol–water partition coefficient (Wildman–Crippen LogP) is 3.12. The van der Waals surface area contributed by atoms with E-state index in [-0.39, 0.29) is 0 Å². The Labute approximate surface area is 190 Å². The van der Waals surface area contributed by atoms with Crippen LogP contribution in [0.1, 0.15) is 37.7 Å². The summed E-state index contributed by atoms with van der Waals surface area (Å²) in [5, 5.41) is 0. The monoisotopic (exact) mass is 431 g/mol. The molecule has 3 aliphatic rings. The second-order valence-electron chi connectivity index (χ2n) is 9.08. The molecule has 2 aliphatic heterocycles. The summed E-state index contributed by atoms with van der Waals surface area (Å²) in [6.45, 7) is 5.22. The summed E-state index contributed by atoms with van der Waals surface area (Å²) in [5.41, 5.74) is 15.6. The quantitative estimate of drug-likeness (QED) is 0.777. The van der Waals surface area contributed by atoms with Crippen LogP contribution in [-0.4, -0.2) is 48.7 Å². The Morgan fingerprint density at radius 3 is 2.12 bits per heavy atom. The fourth-order valence-corrected chi connectivity index (χ4v) is 5.31. The van der Waals surface area contributed by atoms with Gasteiger partial charge in [-0.3, -0.25) is 9.80 Å². The third-order valence-corrected chi connectivity index (χ3v) is 6.95. The zero-order chi connectivity index (χ0) is 22.0. The first kappa shape index (κ1) is 20.8. The molecular formula is C25H33N7. The Hall–Kier alpha value is -3.06. The summed E-state index contributed by atoms with van der Waals surface area (Å²) in [5.74, 6) is 0.743. The van der Waals surface area contributed by atoms with E-state index in [0.717, 1.165) is 64.1 Å². The molecule has 0 amide bonds. The van der Waals surface area contributed by atoms with Crippen molar-refractivity contribution in [3.8, 4) is 0 Å². The number of hydrogen-bond acceptors (Lipinski definition) is 7. The van der Waals surface area contributed by atoms with Gasteiger partial charge in [0.05, 0.1) is 0 Å². The highest BCUT2D eigenvalue weighted by Gasteiger charge is 2.42. The van der Waals surface area contributed by atoms with Crippen molar-refractivity contribution in [3.05, 3.63) is 60.2 Å². The van der Waals surface area contributed by atoms with Gasteiger partial charge in [0, 0.05) is 44.1 Å². The molecule has 168 valence electrons. The maximum Gasteiger partial charge on any atom is 0.220 e. The second kappa shape index (κ2) is 8.82. The number of hydrogen-bond donors (Lipinski definition) is 2. The van der Waals surface area contributed by atoms with Crippen molar-refractivity contribution in [2.45, 2.75) is 44.3 Å². The van der Waals surface area contributed by atoms with Gasteiger partial charge in [-0.2, -0.15) is 4.99 Å². The fraction of sp³-hybridized carbons (Fsp3) is 0.440. The molecule has 2 aromatic rings. The van der Waals surface area contributed by atoms with Crippen LogP contribution in [0.25, 0.3) is 0 Å². The number of guanidine groups is 2. The summed E-state index contributed by atoms with van der Waals surface area (Å²) in [7, 11) is 0. The number of aliphatic imine (C=N–C) groups is 2. The summed E-state index contributed by atoms with van der Waals surface area (Å²) >= 11 is 0. The van der Waals surface area contributed by atoms with Crippen molar-refractivity contribution < 1.29 is 0 Å². The lowest BCUT2D eigenvalue weighted by Crippen LogP contribution is -2.58. The highest BCUT2D eigenvalue weighted by molar-refractivity contribution is 6.05. The highest BCUT2D eigenvalue weighted by atomic mass is 15.4. The molecular weight excluding hydrogens is 398 g/mol. The van der Waals surface area contributed by atoms with E-state index in [2.05, 4.69) is 74.3 Å². The zero-order valence-electron chi connectivity index (χ0n) is 18.7. The van der Waals surface area contributed by atoms with E-state index < -0.39 is 5.66 Å². The highest BCUT2D eigenvalue weighted by Crippen LogP contribution is 2.39. The van der Waals surface area contributed by atoms with Gasteiger partial charge in [0.2, 0.25) is 11.9 Å². The number of nitrogens with two attached hydrogens (primary N) is 2. The van der Waals surface area contributed by atoms with Crippen LogP contribution >= 0.6 is 0 Å². The second-order valence-corrected chi connectivity index (χ2v) is 9.08. The Morgan fingerprint density at radius 1 is 0.781 bits per heavy atom. The maximum absolute atomic E-state index is 6.37. The molecule has 0 radical (unpaired) electrons. The summed E-state index contributed by atoms with van der Waals surface area (Å²) < 4.78 is 0. The van der Waals surface area contributed by atoms with Crippen LogP contribution in [0.3, 0.4) is 0 Å². The average molecular weight is 432 g/mol. The van der Waals surface area contributed by atoms with Gasteiger partial charge in [0.1, 0.15) is 5.66 Å². The SMILES string of the molecule is NC1=NC2(CCCCC2)N(c2ccc(N3CCN(Cc4ccccc4)CC3)cc2)C(N)=N1. The molecule has 2 aromatic carbocycles. The standard InChI is InChI=1S/C25H33N7/c26-23-28-24(27)32(25(29-23)13-5-2-6-14-25)22-11-9-21(10-12-22)31-17-15-30(16-18-31)19-20-7-3-1-4-8-20/h1,3-4,7-12H,2,5-6,13-19H2,(H4,26,27,28,29). The molecule has 1 spiro atoms. The number of rotatable bonds is 4. The molecule has 1 saturated heterocycles. The molecule has 0 bridgehead atoms. The van der Waals surface area contributed by atoms with Crippen molar-refractivity contribution in [1.82, 2.24) is 4.90 Å². The van der Waals surface area contributed by atoms with Crippen molar-refractivity contribution in [2.24, 2.45) is 21.5 Å². The molecule has 0 unspecified atom stereocenters. The molecule has 1 saturated carbocycles. The molecule has 7 nitrogen and oxygen atoms in total. The van der Waals surface area contributed by atoms with Gasteiger partial charge >= 0.3 is 0 Å². The molecule has 1 aliphatic carbocycles. The lowest BCUT2D eigenvalue weighted by atomic mass is 9.87. The first-order chi connectivity index (χ1) is 15.6. The number of anilines is 2. The lowest BCUT2D eigenvalue weighted by molar-refractivity contribution is 0.250. The van der Waals surface area contributed by atoms with Crippen LogP contribution in [0, 0.1) is 0 Å². The lowest BCUT2D eigenvalue weighted by Gasteiger charge is -2.45. The van der Waals surface area contributed by atoms with E-state index >= 15 is 0 Å². The Morgan fingerprint density at radius 2 is 1.44 bits per heavy atom. The van der Waals surface area contributed by atoms with E-state index in [9.17, 15) is 0 Å². The molecule has 2 heterocycles. The molecule has 5 rings (SSSR count). The third kappa shape index (κ3) is 4.17. The summed E-state index contributed by atoms with van der Waals surface area (Å²) in [6.07, 6.45) is 5.40. The van der Waals surface area contributed by atoms with Gasteiger partial charge in [-0.05, 0) is 55.5 Å². The van der Waals surface area contributed by atoms with Crippen molar-refractivity contribution in [3.63, 3.8) is 0 Å². The van der Waals surface area contributed by atoms with E-state index in [1.807, 2.05) is 0 Å². The van der Waals surface area contributed by atoms with Crippen LogP contribution in [-0.2, 0) is 6.54 Å².